The normalized spacial score (nSPS) is 18.0. The van der Waals surface area contributed by atoms with Gasteiger partial charge in [-0.25, -0.2) is 0 Å². The van der Waals surface area contributed by atoms with E-state index in [4.69, 9.17) is 4.74 Å². The van der Waals surface area contributed by atoms with E-state index < -0.39 is 0 Å². The first-order chi connectivity index (χ1) is 8.61. The van der Waals surface area contributed by atoms with Crippen LogP contribution in [-0.4, -0.2) is 25.1 Å². The second-order valence-electron chi connectivity index (χ2n) is 5.64. The Morgan fingerprint density at radius 2 is 1.83 bits per heavy atom. The molecule has 0 unspecified atom stereocenters. The van der Waals surface area contributed by atoms with Crippen molar-refractivity contribution in [2.45, 2.75) is 40.2 Å². The summed E-state index contributed by atoms with van der Waals surface area (Å²) in [4.78, 5) is 2.58. The van der Waals surface area contributed by atoms with Crippen molar-refractivity contribution in [3.8, 4) is 5.75 Å². The van der Waals surface area contributed by atoms with E-state index in [9.17, 15) is 0 Å². The molecule has 0 bridgehead atoms. The van der Waals surface area contributed by atoms with E-state index in [1.54, 1.807) is 7.11 Å². The molecule has 0 amide bonds. The Labute approximate surface area is 111 Å². The summed E-state index contributed by atoms with van der Waals surface area (Å²) in [6.45, 7) is 10.3. The van der Waals surface area contributed by atoms with Gasteiger partial charge in [0.2, 0.25) is 0 Å². The fraction of sp³-hybridized carbons (Fsp3) is 0.625. The van der Waals surface area contributed by atoms with Crippen molar-refractivity contribution in [1.29, 1.82) is 0 Å². The highest BCUT2D eigenvalue weighted by atomic mass is 16.5. The van der Waals surface area contributed by atoms with Gasteiger partial charge in [0.15, 0.2) is 0 Å². The van der Waals surface area contributed by atoms with Crippen molar-refractivity contribution in [3.63, 3.8) is 0 Å². The van der Waals surface area contributed by atoms with E-state index in [-0.39, 0.29) is 0 Å². The molecule has 18 heavy (non-hydrogen) atoms. The summed E-state index contributed by atoms with van der Waals surface area (Å²) in [5.41, 5.74) is 4.11. The second kappa shape index (κ2) is 5.75. The largest absolute Gasteiger partial charge is 0.496 e. The number of likely N-dealkylation sites (tertiary alicyclic amines) is 1. The lowest BCUT2D eigenvalue weighted by atomic mass is 9.97. The Kier molecular flexibility index (Phi) is 4.28. The highest BCUT2D eigenvalue weighted by Gasteiger charge is 2.17. The molecule has 1 aliphatic rings. The maximum absolute atomic E-state index is 5.37. The van der Waals surface area contributed by atoms with Gasteiger partial charge in [0.1, 0.15) is 5.75 Å². The number of ether oxygens (including phenoxy) is 1. The molecule has 0 spiro atoms. The fourth-order valence-corrected chi connectivity index (χ4v) is 2.71. The molecule has 2 rings (SSSR count). The summed E-state index contributed by atoms with van der Waals surface area (Å²) in [6, 6.07) is 4.32. The number of hydrogen-bond donors (Lipinski definition) is 0. The lowest BCUT2D eigenvalue weighted by molar-refractivity contribution is 0.185. The lowest BCUT2D eigenvalue weighted by Crippen LogP contribution is -2.32. The Morgan fingerprint density at radius 3 is 2.44 bits per heavy atom. The van der Waals surface area contributed by atoms with Crippen LogP contribution in [0, 0.1) is 19.8 Å². The predicted molar refractivity (Wildman–Crippen MR) is 76.1 cm³/mol. The molecule has 0 atom stereocenters. The van der Waals surface area contributed by atoms with Gasteiger partial charge < -0.3 is 4.74 Å². The summed E-state index contributed by atoms with van der Waals surface area (Å²) in [5.74, 6) is 1.91. The molecule has 2 heteroatoms. The van der Waals surface area contributed by atoms with Gasteiger partial charge >= 0.3 is 0 Å². The molecule has 1 heterocycles. The average molecular weight is 247 g/mol. The first-order valence-corrected chi connectivity index (χ1v) is 6.97. The molecular weight excluding hydrogens is 222 g/mol. The molecule has 0 aromatic heterocycles. The van der Waals surface area contributed by atoms with E-state index in [1.807, 2.05) is 0 Å². The Bertz CT molecular complexity index is 406. The summed E-state index contributed by atoms with van der Waals surface area (Å²) >= 11 is 0. The number of hydrogen-bond acceptors (Lipinski definition) is 2. The van der Waals surface area contributed by atoms with E-state index >= 15 is 0 Å². The molecule has 1 fully saturated rings. The summed E-state index contributed by atoms with van der Waals surface area (Å²) in [6.07, 6.45) is 2.68. The van der Waals surface area contributed by atoms with Crippen LogP contribution in [0.5, 0.6) is 5.75 Å². The topological polar surface area (TPSA) is 12.5 Å². The molecule has 0 aliphatic carbocycles. The molecule has 1 aromatic carbocycles. The van der Waals surface area contributed by atoms with Gasteiger partial charge in [-0.05, 0) is 68.5 Å². The molecule has 100 valence electrons. The van der Waals surface area contributed by atoms with Gasteiger partial charge in [0, 0.05) is 6.54 Å². The van der Waals surface area contributed by atoms with Crippen LogP contribution in [0.2, 0.25) is 0 Å². The van der Waals surface area contributed by atoms with Crippen molar-refractivity contribution >= 4 is 0 Å². The van der Waals surface area contributed by atoms with Crippen LogP contribution in [0.15, 0.2) is 12.1 Å². The van der Waals surface area contributed by atoms with Gasteiger partial charge in [-0.1, -0.05) is 13.0 Å². The first-order valence-electron chi connectivity index (χ1n) is 6.97. The lowest BCUT2D eigenvalue weighted by Gasteiger charge is -2.30. The SMILES string of the molecule is COc1ccc(CN2CCC(C)CC2)c(C)c1C. The van der Waals surface area contributed by atoms with E-state index in [0.29, 0.717) is 0 Å². The van der Waals surface area contributed by atoms with Crippen LogP contribution < -0.4 is 4.74 Å². The molecule has 0 N–H and O–H groups in total. The zero-order valence-corrected chi connectivity index (χ0v) is 12.1. The first kappa shape index (κ1) is 13.4. The minimum atomic E-state index is 0.903. The van der Waals surface area contributed by atoms with Gasteiger partial charge in [0.05, 0.1) is 7.11 Å². The summed E-state index contributed by atoms with van der Waals surface area (Å²) in [5, 5.41) is 0. The van der Waals surface area contributed by atoms with E-state index in [2.05, 4.69) is 37.8 Å². The van der Waals surface area contributed by atoms with Gasteiger partial charge in [0.25, 0.3) is 0 Å². The minimum absolute atomic E-state index is 0.903. The van der Waals surface area contributed by atoms with Crippen LogP contribution in [0.1, 0.15) is 36.5 Å². The van der Waals surface area contributed by atoms with Crippen molar-refractivity contribution in [3.05, 3.63) is 28.8 Å². The van der Waals surface area contributed by atoms with Gasteiger partial charge in [-0.2, -0.15) is 0 Å². The van der Waals surface area contributed by atoms with Crippen molar-refractivity contribution in [1.82, 2.24) is 4.90 Å². The smallest absolute Gasteiger partial charge is 0.122 e. The van der Waals surface area contributed by atoms with E-state index in [1.165, 1.54) is 42.6 Å². The van der Waals surface area contributed by atoms with Crippen LogP contribution >= 0.6 is 0 Å². The quantitative estimate of drug-likeness (QED) is 0.810. The second-order valence-corrected chi connectivity index (χ2v) is 5.64. The highest BCUT2D eigenvalue weighted by Crippen LogP contribution is 2.26. The van der Waals surface area contributed by atoms with Crippen molar-refractivity contribution < 1.29 is 4.74 Å². The number of nitrogens with zero attached hydrogens (tertiary/aromatic N) is 1. The van der Waals surface area contributed by atoms with Crippen molar-refractivity contribution in [2.75, 3.05) is 20.2 Å². The molecule has 1 aliphatic heterocycles. The van der Waals surface area contributed by atoms with Crippen molar-refractivity contribution in [2.24, 2.45) is 5.92 Å². The van der Waals surface area contributed by atoms with Gasteiger partial charge in [-0.3, -0.25) is 4.90 Å². The maximum Gasteiger partial charge on any atom is 0.122 e. The average Bonchev–Trinajstić information content (AvgIpc) is 2.38. The number of piperidine rings is 1. The van der Waals surface area contributed by atoms with Crippen LogP contribution in [0.4, 0.5) is 0 Å². The standard InChI is InChI=1S/C16H25NO/c1-12-7-9-17(10-8-12)11-15-5-6-16(18-4)14(3)13(15)2/h5-6,12H,7-11H2,1-4H3. The third-order valence-corrected chi connectivity index (χ3v) is 4.34. The molecule has 0 radical (unpaired) electrons. The molecular formula is C16H25NO. The maximum atomic E-state index is 5.37. The Morgan fingerprint density at radius 1 is 1.17 bits per heavy atom. The number of methoxy groups -OCH3 is 1. The Hall–Kier alpha value is -1.02. The zero-order chi connectivity index (χ0) is 13.1. The zero-order valence-electron chi connectivity index (χ0n) is 12.1. The number of benzene rings is 1. The highest BCUT2D eigenvalue weighted by molar-refractivity contribution is 5.43. The minimum Gasteiger partial charge on any atom is -0.496 e. The number of rotatable bonds is 3. The molecule has 1 aromatic rings. The molecule has 0 saturated carbocycles. The Balaban J connectivity index is 2.08. The van der Waals surface area contributed by atoms with Crippen LogP contribution in [0.3, 0.4) is 0 Å². The molecule has 1 saturated heterocycles. The predicted octanol–water partition coefficient (Wildman–Crippen LogP) is 3.54. The summed E-state index contributed by atoms with van der Waals surface area (Å²) < 4.78 is 5.37. The third kappa shape index (κ3) is 2.86. The van der Waals surface area contributed by atoms with E-state index in [0.717, 1.165) is 18.2 Å². The van der Waals surface area contributed by atoms with Crippen LogP contribution in [-0.2, 0) is 6.54 Å². The fourth-order valence-electron chi connectivity index (χ4n) is 2.71. The monoisotopic (exact) mass is 247 g/mol. The summed E-state index contributed by atoms with van der Waals surface area (Å²) in [7, 11) is 1.74. The van der Waals surface area contributed by atoms with Gasteiger partial charge in [-0.15, -0.1) is 0 Å². The van der Waals surface area contributed by atoms with Crippen LogP contribution in [0.25, 0.3) is 0 Å². The molecule has 2 nitrogen and oxygen atoms in total. The third-order valence-electron chi connectivity index (χ3n) is 4.34.